The zero-order chi connectivity index (χ0) is 9.52. The van der Waals surface area contributed by atoms with Crippen LogP contribution in [-0.2, 0) is 4.74 Å². The number of rotatable bonds is 5. The molecule has 0 amide bonds. The molecule has 1 rings (SSSR count). The average Bonchev–Trinajstić information content (AvgIpc) is 2.19. The number of hydrogen-bond acceptors (Lipinski definition) is 5. The first-order valence-corrected chi connectivity index (χ1v) is 4.97. The van der Waals surface area contributed by atoms with Crippen molar-refractivity contribution in [3.05, 3.63) is 12.4 Å². The van der Waals surface area contributed by atoms with Crippen molar-refractivity contribution < 1.29 is 4.74 Å². The van der Waals surface area contributed by atoms with Gasteiger partial charge < -0.3 is 10.1 Å². The average molecular weight is 199 g/mol. The monoisotopic (exact) mass is 199 g/mol. The summed E-state index contributed by atoms with van der Waals surface area (Å²) >= 11 is 1.66. The van der Waals surface area contributed by atoms with E-state index in [0.717, 1.165) is 23.2 Å². The Hall–Kier alpha value is -0.810. The largest absolute Gasteiger partial charge is 0.384 e. The predicted octanol–water partition coefficient (Wildman–Crippen LogP) is 1.26. The Kier molecular flexibility index (Phi) is 4.56. The van der Waals surface area contributed by atoms with E-state index in [-0.39, 0.29) is 0 Å². The number of anilines is 1. The molecule has 72 valence electrons. The minimum absolute atomic E-state index is 0.740. The van der Waals surface area contributed by atoms with Crippen LogP contribution in [0.25, 0.3) is 0 Å². The summed E-state index contributed by atoms with van der Waals surface area (Å²) in [6.45, 7) is 0.740. The summed E-state index contributed by atoms with van der Waals surface area (Å²) in [5.41, 5.74) is 0. The SMILES string of the molecule is CNc1cc(SCCOC)ncn1. The van der Waals surface area contributed by atoms with E-state index in [0.29, 0.717) is 0 Å². The van der Waals surface area contributed by atoms with Gasteiger partial charge in [0.15, 0.2) is 0 Å². The molecule has 1 heterocycles. The van der Waals surface area contributed by atoms with Gasteiger partial charge in [-0.15, -0.1) is 11.8 Å². The highest BCUT2D eigenvalue weighted by atomic mass is 32.2. The summed E-state index contributed by atoms with van der Waals surface area (Å²) in [6, 6.07) is 1.92. The van der Waals surface area contributed by atoms with Crippen LogP contribution >= 0.6 is 11.8 Å². The zero-order valence-corrected chi connectivity index (χ0v) is 8.60. The van der Waals surface area contributed by atoms with Gasteiger partial charge in [-0.3, -0.25) is 0 Å². The van der Waals surface area contributed by atoms with Crippen LogP contribution in [-0.4, -0.2) is 36.5 Å². The number of nitrogens with one attached hydrogen (secondary N) is 1. The van der Waals surface area contributed by atoms with E-state index in [1.165, 1.54) is 0 Å². The van der Waals surface area contributed by atoms with Crippen molar-refractivity contribution in [2.24, 2.45) is 0 Å². The van der Waals surface area contributed by atoms with Gasteiger partial charge in [0, 0.05) is 26.0 Å². The predicted molar refractivity (Wildman–Crippen MR) is 54.2 cm³/mol. The first-order valence-electron chi connectivity index (χ1n) is 3.98. The topological polar surface area (TPSA) is 47.0 Å². The summed E-state index contributed by atoms with van der Waals surface area (Å²) in [5.74, 6) is 1.76. The molecule has 0 spiro atoms. The second-order valence-electron chi connectivity index (χ2n) is 2.33. The summed E-state index contributed by atoms with van der Waals surface area (Å²) in [5, 5.41) is 3.93. The number of thioether (sulfide) groups is 1. The van der Waals surface area contributed by atoms with Gasteiger partial charge in [-0.1, -0.05) is 0 Å². The third-order valence-electron chi connectivity index (χ3n) is 1.44. The molecule has 0 aromatic carbocycles. The van der Waals surface area contributed by atoms with Gasteiger partial charge in [0.25, 0.3) is 0 Å². The van der Waals surface area contributed by atoms with Gasteiger partial charge in [-0.25, -0.2) is 9.97 Å². The second-order valence-corrected chi connectivity index (χ2v) is 3.45. The number of ether oxygens (including phenoxy) is 1. The van der Waals surface area contributed by atoms with Crippen molar-refractivity contribution in [2.75, 3.05) is 31.8 Å². The Labute approximate surface area is 82.1 Å². The van der Waals surface area contributed by atoms with Crippen LogP contribution in [0.1, 0.15) is 0 Å². The fourth-order valence-electron chi connectivity index (χ4n) is 0.785. The molecule has 1 aromatic heterocycles. The number of methoxy groups -OCH3 is 1. The van der Waals surface area contributed by atoms with Crippen LogP contribution in [0.3, 0.4) is 0 Å². The smallest absolute Gasteiger partial charge is 0.130 e. The number of nitrogens with zero attached hydrogens (tertiary/aromatic N) is 2. The molecule has 1 aromatic rings. The van der Waals surface area contributed by atoms with Crippen LogP contribution in [0, 0.1) is 0 Å². The molecule has 5 heteroatoms. The molecule has 4 nitrogen and oxygen atoms in total. The molecule has 13 heavy (non-hydrogen) atoms. The molecule has 0 aliphatic heterocycles. The van der Waals surface area contributed by atoms with Crippen LogP contribution in [0.15, 0.2) is 17.4 Å². The van der Waals surface area contributed by atoms with Crippen molar-refractivity contribution in [1.29, 1.82) is 0 Å². The summed E-state index contributed by atoms with van der Waals surface area (Å²) in [7, 11) is 3.53. The van der Waals surface area contributed by atoms with Crippen molar-refractivity contribution in [3.8, 4) is 0 Å². The summed E-state index contributed by atoms with van der Waals surface area (Å²) in [6.07, 6.45) is 1.56. The lowest BCUT2D eigenvalue weighted by Crippen LogP contribution is -1.95. The van der Waals surface area contributed by atoms with E-state index in [1.54, 1.807) is 25.2 Å². The summed E-state index contributed by atoms with van der Waals surface area (Å²) < 4.78 is 4.94. The molecule has 0 radical (unpaired) electrons. The minimum Gasteiger partial charge on any atom is -0.384 e. The number of aromatic nitrogens is 2. The Morgan fingerprint density at radius 3 is 3.08 bits per heavy atom. The summed E-state index contributed by atoms with van der Waals surface area (Å²) in [4.78, 5) is 8.13. The molecule has 0 saturated heterocycles. The van der Waals surface area contributed by atoms with E-state index in [4.69, 9.17) is 4.74 Å². The fraction of sp³-hybridized carbons (Fsp3) is 0.500. The van der Waals surface area contributed by atoms with Gasteiger partial charge in [-0.2, -0.15) is 0 Å². The van der Waals surface area contributed by atoms with Crippen LogP contribution in [0.2, 0.25) is 0 Å². The molecule has 0 aliphatic carbocycles. The molecular formula is C8H13N3OS. The maximum Gasteiger partial charge on any atom is 0.130 e. The molecule has 0 atom stereocenters. The second kappa shape index (κ2) is 5.77. The Balaban J connectivity index is 2.46. The highest BCUT2D eigenvalue weighted by molar-refractivity contribution is 7.99. The Morgan fingerprint density at radius 1 is 1.54 bits per heavy atom. The van der Waals surface area contributed by atoms with Crippen LogP contribution in [0.4, 0.5) is 5.82 Å². The fourth-order valence-corrected chi connectivity index (χ4v) is 1.56. The van der Waals surface area contributed by atoms with Crippen molar-refractivity contribution >= 4 is 17.6 Å². The molecule has 0 aliphatic rings. The molecule has 0 fully saturated rings. The third kappa shape index (κ3) is 3.61. The first kappa shape index (κ1) is 10.3. The normalized spacial score (nSPS) is 10.0. The van der Waals surface area contributed by atoms with Crippen molar-refractivity contribution in [3.63, 3.8) is 0 Å². The quantitative estimate of drug-likeness (QED) is 0.439. The van der Waals surface area contributed by atoms with E-state index in [2.05, 4.69) is 15.3 Å². The molecule has 0 unspecified atom stereocenters. The van der Waals surface area contributed by atoms with Crippen LogP contribution < -0.4 is 5.32 Å². The van der Waals surface area contributed by atoms with Gasteiger partial charge in [0.05, 0.1) is 6.61 Å². The lowest BCUT2D eigenvalue weighted by Gasteiger charge is -2.01. The van der Waals surface area contributed by atoms with E-state index in [9.17, 15) is 0 Å². The molecular weight excluding hydrogens is 186 g/mol. The van der Waals surface area contributed by atoms with Gasteiger partial charge in [0.2, 0.25) is 0 Å². The highest BCUT2D eigenvalue weighted by Gasteiger charge is 1.97. The van der Waals surface area contributed by atoms with Gasteiger partial charge in [-0.05, 0) is 0 Å². The first-order chi connectivity index (χ1) is 6.36. The lowest BCUT2D eigenvalue weighted by atomic mass is 10.6. The van der Waals surface area contributed by atoms with Gasteiger partial charge in [0.1, 0.15) is 17.2 Å². The number of hydrogen-bond donors (Lipinski definition) is 1. The maximum atomic E-state index is 4.94. The zero-order valence-electron chi connectivity index (χ0n) is 7.78. The molecule has 1 N–H and O–H groups in total. The van der Waals surface area contributed by atoms with Gasteiger partial charge >= 0.3 is 0 Å². The van der Waals surface area contributed by atoms with E-state index in [1.807, 2.05) is 13.1 Å². The molecule has 0 saturated carbocycles. The van der Waals surface area contributed by atoms with Crippen LogP contribution in [0.5, 0.6) is 0 Å². The standard InChI is InChI=1S/C8H13N3OS/c1-9-7-5-8(11-6-10-7)13-4-3-12-2/h5-6H,3-4H2,1-2H3,(H,9,10,11). The lowest BCUT2D eigenvalue weighted by molar-refractivity contribution is 0.218. The highest BCUT2D eigenvalue weighted by Crippen LogP contribution is 2.16. The van der Waals surface area contributed by atoms with E-state index < -0.39 is 0 Å². The minimum atomic E-state index is 0.740. The maximum absolute atomic E-state index is 4.94. The van der Waals surface area contributed by atoms with Crippen molar-refractivity contribution in [1.82, 2.24) is 9.97 Å². The molecule has 0 bridgehead atoms. The third-order valence-corrected chi connectivity index (χ3v) is 2.33. The Bertz CT molecular complexity index is 257. The van der Waals surface area contributed by atoms with E-state index >= 15 is 0 Å². The Morgan fingerprint density at radius 2 is 2.38 bits per heavy atom. The van der Waals surface area contributed by atoms with Crippen molar-refractivity contribution in [2.45, 2.75) is 5.03 Å².